The molecule has 1 aromatic carbocycles. The van der Waals surface area contributed by atoms with Gasteiger partial charge in [0, 0.05) is 5.75 Å². The summed E-state index contributed by atoms with van der Waals surface area (Å²) in [6.07, 6.45) is 2.09. The molecule has 0 fully saturated rings. The van der Waals surface area contributed by atoms with Crippen LogP contribution in [-0.2, 0) is 11.2 Å². The van der Waals surface area contributed by atoms with Crippen molar-refractivity contribution in [2.75, 3.05) is 11.5 Å². The van der Waals surface area contributed by atoms with Crippen molar-refractivity contribution in [3.8, 4) is 0 Å². The van der Waals surface area contributed by atoms with E-state index in [2.05, 4.69) is 12.1 Å². The third-order valence-corrected chi connectivity index (χ3v) is 3.38. The number of nitrogens with two attached hydrogens (primary N) is 1. The molecule has 1 rings (SSSR count). The number of carbonyl (C=O) groups is 1. The van der Waals surface area contributed by atoms with Crippen LogP contribution in [0, 0.1) is 0 Å². The van der Waals surface area contributed by atoms with Crippen LogP contribution < -0.4 is 5.73 Å². The van der Waals surface area contributed by atoms with Crippen molar-refractivity contribution in [1.82, 2.24) is 0 Å². The van der Waals surface area contributed by atoms with E-state index in [1.165, 1.54) is 5.56 Å². The number of hydrogen-bond donors (Lipinski definition) is 2. The monoisotopic (exact) mass is 239 g/mol. The molecule has 16 heavy (non-hydrogen) atoms. The van der Waals surface area contributed by atoms with Gasteiger partial charge in [0.15, 0.2) is 0 Å². The maximum Gasteiger partial charge on any atom is 0.321 e. The standard InChI is InChI=1S/C12H17NO2S/c13-11(12(14)15)9-16-8-4-7-10-5-2-1-3-6-10/h1-3,5-6,11H,4,7-9,13H2,(H,14,15)/t11-/m1/s1. The summed E-state index contributed by atoms with van der Waals surface area (Å²) >= 11 is 1.60. The lowest BCUT2D eigenvalue weighted by molar-refractivity contribution is -0.137. The van der Waals surface area contributed by atoms with E-state index in [1.54, 1.807) is 11.8 Å². The summed E-state index contributed by atoms with van der Waals surface area (Å²) < 4.78 is 0. The molecule has 0 radical (unpaired) electrons. The molecule has 3 N–H and O–H groups in total. The molecule has 0 spiro atoms. The minimum atomic E-state index is -0.921. The predicted molar refractivity (Wildman–Crippen MR) is 67.7 cm³/mol. The zero-order valence-electron chi connectivity index (χ0n) is 9.13. The fourth-order valence-electron chi connectivity index (χ4n) is 1.30. The second-order valence-electron chi connectivity index (χ2n) is 3.61. The highest BCUT2D eigenvalue weighted by molar-refractivity contribution is 7.99. The van der Waals surface area contributed by atoms with E-state index in [9.17, 15) is 4.79 Å². The van der Waals surface area contributed by atoms with Gasteiger partial charge in [0.05, 0.1) is 0 Å². The number of benzene rings is 1. The third-order valence-electron chi connectivity index (χ3n) is 2.21. The maximum absolute atomic E-state index is 10.4. The van der Waals surface area contributed by atoms with E-state index >= 15 is 0 Å². The lowest BCUT2D eigenvalue weighted by Gasteiger charge is -2.05. The average molecular weight is 239 g/mol. The molecular formula is C12H17NO2S. The Bertz CT molecular complexity index is 316. The number of hydrogen-bond acceptors (Lipinski definition) is 3. The maximum atomic E-state index is 10.4. The van der Waals surface area contributed by atoms with E-state index in [-0.39, 0.29) is 0 Å². The summed E-state index contributed by atoms with van der Waals surface area (Å²) in [4.78, 5) is 10.4. The van der Waals surface area contributed by atoms with E-state index in [1.807, 2.05) is 18.2 Å². The van der Waals surface area contributed by atoms with Gasteiger partial charge in [-0.25, -0.2) is 0 Å². The summed E-state index contributed by atoms with van der Waals surface area (Å²) in [6, 6.07) is 9.54. The SMILES string of the molecule is N[C@H](CSCCCc1ccccc1)C(=O)O. The Kier molecular flexibility index (Phi) is 5.96. The fraction of sp³-hybridized carbons (Fsp3) is 0.417. The van der Waals surface area contributed by atoms with Gasteiger partial charge in [-0.3, -0.25) is 4.79 Å². The first-order valence-electron chi connectivity index (χ1n) is 5.30. The van der Waals surface area contributed by atoms with Crippen LogP contribution in [0.4, 0.5) is 0 Å². The molecule has 1 aromatic rings. The fourth-order valence-corrected chi connectivity index (χ4v) is 2.22. The second kappa shape index (κ2) is 7.30. The Balaban J connectivity index is 2.07. The zero-order chi connectivity index (χ0) is 11.8. The number of aryl methyl sites for hydroxylation is 1. The summed E-state index contributed by atoms with van der Waals surface area (Å²) in [6.45, 7) is 0. The molecule has 0 aliphatic rings. The molecule has 0 amide bonds. The van der Waals surface area contributed by atoms with E-state index < -0.39 is 12.0 Å². The molecule has 0 saturated carbocycles. The van der Waals surface area contributed by atoms with E-state index in [0.29, 0.717) is 5.75 Å². The van der Waals surface area contributed by atoms with Crippen LogP contribution in [0.25, 0.3) is 0 Å². The van der Waals surface area contributed by atoms with E-state index in [0.717, 1.165) is 18.6 Å². The summed E-state index contributed by atoms with van der Waals surface area (Å²) in [5, 5.41) is 8.58. The van der Waals surface area contributed by atoms with Crippen molar-refractivity contribution in [2.45, 2.75) is 18.9 Å². The molecule has 0 saturated heterocycles. The molecule has 0 aromatic heterocycles. The van der Waals surface area contributed by atoms with Gasteiger partial charge in [-0.15, -0.1) is 0 Å². The van der Waals surface area contributed by atoms with Gasteiger partial charge < -0.3 is 10.8 Å². The van der Waals surface area contributed by atoms with E-state index in [4.69, 9.17) is 10.8 Å². The van der Waals surface area contributed by atoms with Crippen LogP contribution >= 0.6 is 11.8 Å². The summed E-state index contributed by atoms with van der Waals surface area (Å²) in [5.74, 6) is 0.524. The molecule has 0 heterocycles. The predicted octanol–water partition coefficient (Wildman–Crippen LogP) is 1.76. The largest absolute Gasteiger partial charge is 0.480 e. The highest BCUT2D eigenvalue weighted by Crippen LogP contribution is 2.08. The van der Waals surface area contributed by atoms with Gasteiger partial charge in [0.25, 0.3) is 0 Å². The smallest absolute Gasteiger partial charge is 0.321 e. The van der Waals surface area contributed by atoms with Crippen molar-refractivity contribution in [1.29, 1.82) is 0 Å². The van der Waals surface area contributed by atoms with Crippen molar-refractivity contribution < 1.29 is 9.90 Å². The van der Waals surface area contributed by atoms with Crippen molar-refractivity contribution in [2.24, 2.45) is 5.73 Å². The Morgan fingerprint density at radius 1 is 1.38 bits per heavy atom. The minimum absolute atomic E-state index is 0.490. The molecule has 0 unspecified atom stereocenters. The van der Waals surface area contributed by atoms with Gasteiger partial charge in [-0.1, -0.05) is 30.3 Å². The molecule has 88 valence electrons. The topological polar surface area (TPSA) is 63.3 Å². The average Bonchev–Trinajstić information content (AvgIpc) is 2.29. The van der Waals surface area contributed by atoms with Crippen LogP contribution in [0.2, 0.25) is 0 Å². The normalized spacial score (nSPS) is 12.3. The molecule has 0 aliphatic heterocycles. The lowest BCUT2D eigenvalue weighted by atomic mass is 10.1. The van der Waals surface area contributed by atoms with Gasteiger partial charge in [-0.2, -0.15) is 11.8 Å². The highest BCUT2D eigenvalue weighted by Gasteiger charge is 2.10. The molecule has 0 aliphatic carbocycles. The molecule has 4 heteroatoms. The van der Waals surface area contributed by atoms with Crippen LogP contribution in [0.3, 0.4) is 0 Å². The first-order chi connectivity index (χ1) is 7.70. The number of carboxylic acids is 1. The highest BCUT2D eigenvalue weighted by atomic mass is 32.2. The van der Waals surface area contributed by atoms with Crippen LogP contribution in [0.1, 0.15) is 12.0 Å². The Labute approximate surface area is 100 Å². The minimum Gasteiger partial charge on any atom is -0.480 e. The molecule has 3 nitrogen and oxygen atoms in total. The Hall–Kier alpha value is -1.00. The van der Waals surface area contributed by atoms with Crippen molar-refractivity contribution in [3.05, 3.63) is 35.9 Å². The number of rotatable bonds is 7. The quantitative estimate of drug-likeness (QED) is 0.712. The Morgan fingerprint density at radius 2 is 2.06 bits per heavy atom. The Morgan fingerprint density at radius 3 is 2.69 bits per heavy atom. The van der Waals surface area contributed by atoms with Gasteiger partial charge in [0.2, 0.25) is 0 Å². The van der Waals surface area contributed by atoms with Crippen LogP contribution in [0.5, 0.6) is 0 Å². The molecule has 0 bridgehead atoms. The second-order valence-corrected chi connectivity index (χ2v) is 4.76. The third kappa shape index (κ3) is 5.19. The summed E-state index contributed by atoms with van der Waals surface area (Å²) in [7, 11) is 0. The van der Waals surface area contributed by atoms with Gasteiger partial charge >= 0.3 is 5.97 Å². The van der Waals surface area contributed by atoms with Gasteiger partial charge in [0.1, 0.15) is 6.04 Å². The van der Waals surface area contributed by atoms with Gasteiger partial charge in [-0.05, 0) is 24.2 Å². The molecular weight excluding hydrogens is 222 g/mol. The number of aliphatic carboxylic acids is 1. The lowest BCUT2D eigenvalue weighted by Crippen LogP contribution is -2.32. The number of thioether (sulfide) groups is 1. The van der Waals surface area contributed by atoms with Crippen molar-refractivity contribution in [3.63, 3.8) is 0 Å². The van der Waals surface area contributed by atoms with Crippen LogP contribution in [0.15, 0.2) is 30.3 Å². The zero-order valence-corrected chi connectivity index (χ0v) is 9.95. The summed E-state index contributed by atoms with van der Waals surface area (Å²) in [5.41, 5.74) is 6.71. The first-order valence-corrected chi connectivity index (χ1v) is 6.45. The van der Waals surface area contributed by atoms with Crippen molar-refractivity contribution >= 4 is 17.7 Å². The first kappa shape index (κ1) is 13.1. The number of carboxylic acid groups (broad SMARTS) is 1. The van der Waals surface area contributed by atoms with Crippen LogP contribution in [-0.4, -0.2) is 28.6 Å². The molecule has 1 atom stereocenters.